The molecule has 0 N–H and O–H groups in total. The summed E-state index contributed by atoms with van der Waals surface area (Å²) in [5.41, 5.74) is 7.00. The Morgan fingerprint density at radius 1 is 0.826 bits per heavy atom. The predicted octanol–water partition coefficient (Wildman–Crippen LogP) is 6.30. The molecule has 1 aliphatic rings. The molecule has 0 fully saturated rings. The Balaban J connectivity index is 0.000000485. The molecule has 0 heterocycles. The van der Waals surface area contributed by atoms with Crippen molar-refractivity contribution in [1.29, 1.82) is 0 Å². The zero-order valence-electron chi connectivity index (χ0n) is 12.8. The molecule has 0 aliphatic heterocycles. The Bertz CT molecular complexity index is 863. The molecular weight excluding hydrogens is 369 g/mol. The van der Waals surface area contributed by atoms with Crippen molar-refractivity contribution in [1.82, 2.24) is 0 Å². The minimum absolute atomic E-state index is 1.09. The Kier molecular flexibility index (Phi) is 5.17. The molecular formula is C20H16F2Zr. The molecule has 0 nitrogen and oxygen atoms in total. The molecule has 3 heteroatoms. The molecule has 0 saturated carbocycles. The first-order valence-electron chi connectivity index (χ1n) is 7.48. The Hall–Kier alpha value is -1.60. The quantitative estimate of drug-likeness (QED) is 0.461. The van der Waals surface area contributed by atoms with Crippen LogP contribution >= 0.6 is 0 Å². The summed E-state index contributed by atoms with van der Waals surface area (Å²) in [6.45, 7) is 2.22. The molecule has 0 amide bonds. The Labute approximate surface area is 148 Å². The van der Waals surface area contributed by atoms with E-state index in [2.05, 4.69) is 73.7 Å². The molecule has 0 spiro atoms. The molecule has 0 aromatic heterocycles. The Morgan fingerprint density at radius 2 is 1.48 bits per heavy atom. The van der Waals surface area contributed by atoms with Gasteiger partial charge in [0.15, 0.2) is 0 Å². The number of fused-ring (bicyclic) bond motifs is 2. The molecule has 0 unspecified atom stereocenters. The first-order valence-corrected chi connectivity index (χ1v) is 9.34. The topological polar surface area (TPSA) is 0 Å². The zero-order chi connectivity index (χ0) is 16.2. The van der Waals surface area contributed by atoms with Crippen molar-refractivity contribution in [3.05, 3.63) is 77.4 Å². The van der Waals surface area contributed by atoms with Crippen LogP contribution in [-0.4, -0.2) is 0 Å². The minimum atomic E-state index is -2.77. The van der Waals surface area contributed by atoms with Gasteiger partial charge in [-0.15, -0.1) is 0 Å². The number of benzene rings is 3. The van der Waals surface area contributed by atoms with Crippen molar-refractivity contribution in [2.75, 3.05) is 0 Å². The molecule has 0 radical (unpaired) electrons. The van der Waals surface area contributed by atoms with Gasteiger partial charge < -0.3 is 0 Å². The van der Waals surface area contributed by atoms with Crippen LogP contribution in [0.3, 0.4) is 0 Å². The fraction of sp³-hybridized carbons (Fsp3) is 0.100. The molecule has 3 aromatic rings. The summed E-state index contributed by atoms with van der Waals surface area (Å²) in [5.74, 6) is 0. The van der Waals surface area contributed by atoms with Gasteiger partial charge in [-0.3, -0.25) is 0 Å². The summed E-state index contributed by atoms with van der Waals surface area (Å²) in [5, 5.41) is 2.64. The van der Waals surface area contributed by atoms with E-state index >= 15 is 0 Å². The van der Waals surface area contributed by atoms with Gasteiger partial charge in [0, 0.05) is 0 Å². The van der Waals surface area contributed by atoms with E-state index in [-0.39, 0.29) is 0 Å². The third kappa shape index (κ3) is 3.35. The zero-order valence-corrected chi connectivity index (χ0v) is 15.3. The van der Waals surface area contributed by atoms with E-state index in [1.807, 2.05) is 0 Å². The Morgan fingerprint density at radius 3 is 2.30 bits per heavy atom. The number of allylic oxidation sites excluding steroid dienone is 1. The van der Waals surface area contributed by atoms with Gasteiger partial charge >= 0.3 is 29.7 Å². The van der Waals surface area contributed by atoms with Crippen LogP contribution in [0.4, 0.5) is 5.25 Å². The van der Waals surface area contributed by atoms with E-state index in [1.54, 1.807) is 0 Å². The number of hydrogen-bond acceptors (Lipinski definition) is 0. The van der Waals surface area contributed by atoms with Crippen molar-refractivity contribution in [2.45, 2.75) is 13.3 Å². The van der Waals surface area contributed by atoms with Gasteiger partial charge in [-0.1, -0.05) is 72.3 Å². The van der Waals surface area contributed by atoms with Crippen LogP contribution in [0, 0.1) is 0 Å². The average molecular weight is 386 g/mol. The second-order valence-electron chi connectivity index (χ2n) is 5.64. The fourth-order valence-electron chi connectivity index (χ4n) is 3.23. The number of halogens is 2. The van der Waals surface area contributed by atoms with Gasteiger partial charge in [-0.2, -0.15) is 0 Å². The van der Waals surface area contributed by atoms with Gasteiger partial charge in [0.05, 0.1) is 0 Å². The van der Waals surface area contributed by atoms with E-state index in [1.165, 1.54) is 38.6 Å². The molecule has 23 heavy (non-hydrogen) atoms. The van der Waals surface area contributed by atoms with E-state index < -0.39 is 24.5 Å². The SMILES string of the molecule is CC1=Cc2c(cccc2-c2cccc3ccccc23)C1.[F][Zr][F]. The summed E-state index contributed by atoms with van der Waals surface area (Å²) in [7, 11) is 0. The summed E-state index contributed by atoms with van der Waals surface area (Å²) < 4.78 is 19.6. The van der Waals surface area contributed by atoms with E-state index in [9.17, 15) is 5.25 Å². The monoisotopic (exact) mass is 384 g/mol. The van der Waals surface area contributed by atoms with Gasteiger partial charge in [-0.25, -0.2) is 0 Å². The number of rotatable bonds is 1. The van der Waals surface area contributed by atoms with Gasteiger partial charge in [0.2, 0.25) is 0 Å². The fourth-order valence-corrected chi connectivity index (χ4v) is 3.23. The number of hydrogen-bond donors (Lipinski definition) is 0. The molecule has 0 bridgehead atoms. The molecule has 114 valence electrons. The first-order chi connectivity index (χ1) is 11.2. The molecule has 0 saturated heterocycles. The van der Waals surface area contributed by atoms with Crippen LogP contribution in [0.1, 0.15) is 18.1 Å². The summed E-state index contributed by atoms with van der Waals surface area (Å²) in [4.78, 5) is 0. The van der Waals surface area contributed by atoms with Gasteiger partial charge in [0.1, 0.15) is 0 Å². The van der Waals surface area contributed by atoms with Gasteiger partial charge in [-0.05, 0) is 46.4 Å². The second kappa shape index (κ2) is 7.32. The van der Waals surface area contributed by atoms with Crippen LogP contribution in [0.25, 0.3) is 28.0 Å². The normalized spacial score (nSPS) is 12.2. The van der Waals surface area contributed by atoms with E-state index in [0.29, 0.717) is 0 Å². The van der Waals surface area contributed by atoms with Crippen LogP contribution in [0.5, 0.6) is 0 Å². The maximum absolute atomic E-state index is 9.80. The van der Waals surface area contributed by atoms with Crippen LogP contribution in [0.15, 0.2) is 66.2 Å². The van der Waals surface area contributed by atoms with Crippen molar-refractivity contribution in [3.63, 3.8) is 0 Å². The second-order valence-corrected chi connectivity index (χ2v) is 6.00. The van der Waals surface area contributed by atoms with E-state index in [4.69, 9.17) is 0 Å². The van der Waals surface area contributed by atoms with Crippen molar-refractivity contribution in [3.8, 4) is 11.1 Å². The molecule has 1 aliphatic carbocycles. The van der Waals surface area contributed by atoms with Crippen molar-refractivity contribution in [2.24, 2.45) is 0 Å². The standard InChI is InChI=1S/C20H16.2FH.Zr/c1-14-12-16-8-5-11-19(20(16)13-14)18-10-4-7-15-6-2-3-9-17(15)18;;;/h2-11,13H,12H2,1H3;2*1H;/q;;;+2/p-2. The van der Waals surface area contributed by atoms with Crippen LogP contribution in [-0.2, 0) is 30.9 Å². The molecule has 4 rings (SSSR count). The summed E-state index contributed by atoms with van der Waals surface area (Å²) in [6.07, 6.45) is 3.43. The molecule has 0 atom stereocenters. The van der Waals surface area contributed by atoms with Crippen molar-refractivity contribution < 1.29 is 29.7 Å². The third-order valence-corrected chi connectivity index (χ3v) is 4.14. The third-order valence-electron chi connectivity index (χ3n) is 4.14. The van der Waals surface area contributed by atoms with E-state index in [0.717, 1.165) is 6.42 Å². The maximum atomic E-state index is 9.80. The van der Waals surface area contributed by atoms with Crippen LogP contribution in [0.2, 0.25) is 0 Å². The predicted molar refractivity (Wildman–Crippen MR) is 89.0 cm³/mol. The van der Waals surface area contributed by atoms with Crippen molar-refractivity contribution >= 4 is 16.8 Å². The molecule has 3 aromatic carbocycles. The van der Waals surface area contributed by atoms with Gasteiger partial charge in [0.25, 0.3) is 0 Å². The average Bonchev–Trinajstić information content (AvgIpc) is 2.95. The summed E-state index contributed by atoms with van der Waals surface area (Å²) in [6, 6.07) is 21.9. The summed E-state index contributed by atoms with van der Waals surface area (Å²) >= 11 is -2.77. The van der Waals surface area contributed by atoms with Crippen LogP contribution < -0.4 is 0 Å². The first kappa shape index (κ1) is 16.3.